The number of hydrogen-bond donors (Lipinski definition) is 1. The molecule has 2 aliphatic rings. The summed E-state index contributed by atoms with van der Waals surface area (Å²) in [6.07, 6.45) is 5.46. The third kappa shape index (κ3) is 2.56. The van der Waals surface area contributed by atoms with Gasteiger partial charge in [-0.15, -0.1) is 0 Å². The van der Waals surface area contributed by atoms with Crippen LogP contribution in [0.5, 0.6) is 0 Å². The molecule has 0 aliphatic heterocycles. The largest absolute Gasteiger partial charge is 0.466 e. The van der Waals surface area contributed by atoms with Crippen LogP contribution in [0.3, 0.4) is 0 Å². The van der Waals surface area contributed by atoms with Gasteiger partial charge in [-0.1, -0.05) is 11.6 Å². The third-order valence-corrected chi connectivity index (χ3v) is 5.18. The highest BCUT2D eigenvalue weighted by molar-refractivity contribution is 5.84. The molecule has 0 bridgehead atoms. The molecule has 0 radical (unpaired) electrons. The molecule has 1 N–H and O–H groups in total. The van der Waals surface area contributed by atoms with E-state index < -0.39 is 11.0 Å². The van der Waals surface area contributed by atoms with Gasteiger partial charge >= 0.3 is 11.9 Å². The van der Waals surface area contributed by atoms with E-state index in [-0.39, 0.29) is 17.9 Å². The fraction of sp³-hybridized carbons (Fsp3) is 0.765. The summed E-state index contributed by atoms with van der Waals surface area (Å²) < 4.78 is 10.2. The summed E-state index contributed by atoms with van der Waals surface area (Å²) in [5.41, 5.74) is -1.02. The molecule has 0 spiro atoms. The summed E-state index contributed by atoms with van der Waals surface area (Å²) in [6, 6.07) is 0. The van der Waals surface area contributed by atoms with Crippen molar-refractivity contribution in [2.45, 2.75) is 58.5 Å². The minimum absolute atomic E-state index is 0.0880. The van der Waals surface area contributed by atoms with E-state index in [1.165, 1.54) is 6.92 Å². The van der Waals surface area contributed by atoms with E-state index in [9.17, 15) is 14.7 Å². The van der Waals surface area contributed by atoms with E-state index in [1.807, 2.05) is 13.0 Å². The molecule has 0 amide bonds. The number of esters is 2. The maximum absolute atomic E-state index is 12.5. The molecule has 0 heterocycles. The van der Waals surface area contributed by atoms with E-state index in [1.54, 1.807) is 6.92 Å². The van der Waals surface area contributed by atoms with Gasteiger partial charge in [-0.05, 0) is 46.0 Å². The van der Waals surface area contributed by atoms with Gasteiger partial charge in [0, 0.05) is 12.8 Å². The molecule has 22 heavy (non-hydrogen) atoms. The molecule has 0 saturated heterocycles. The van der Waals surface area contributed by atoms with Crippen LogP contribution in [0.4, 0.5) is 0 Å². The van der Waals surface area contributed by atoms with Crippen molar-refractivity contribution in [2.24, 2.45) is 11.3 Å². The van der Waals surface area contributed by atoms with Crippen LogP contribution in [-0.2, 0) is 19.1 Å². The maximum atomic E-state index is 12.5. The topological polar surface area (TPSA) is 72.8 Å². The second kappa shape index (κ2) is 6.41. The number of fused-ring (bicyclic) bond motifs is 1. The van der Waals surface area contributed by atoms with Gasteiger partial charge in [-0.2, -0.15) is 0 Å². The average molecular weight is 310 g/mol. The normalized spacial score (nSPS) is 33.3. The quantitative estimate of drug-likeness (QED) is 0.463. The van der Waals surface area contributed by atoms with Crippen molar-refractivity contribution < 1.29 is 24.2 Å². The Labute approximate surface area is 131 Å². The third-order valence-electron chi connectivity index (χ3n) is 5.18. The van der Waals surface area contributed by atoms with Crippen LogP contribution in [0.2, 0.25) is 0 Å². The predicted octanol–water partition coefficient (Wildman–Crippen LogP) is 2.37. The van der Waals surface area contributed by atoms with Crippen molar-refractivity contribution in [3.8, 4) is 0 Å². The lowest BCUT2D eigenvalue weighted by Gasteiger charge is -2.39. The minimum atomic E-state index is -1.06. The zero-order valence-electron chi connectivity index (χ0n) is 13.7. The van der Waals surface area contributed by atoms with Gasteiger partial charge in [0.2, 0.25) is 0 Å². The monoisotopic (exact) mass is 310 g/mol. The highest BCUT2D eigenvalue weighted by atomic mass is 16.5. The van der Waals surface area contributed by atoms with Gasteiger partial charge in [-0.3, -0.25) is 9.59 Å². The lowest BCUT2D eigenvalue weighted by Crippen LogP contribution is -2.51. The van der Waals surface area contributed by atoms with Crippen LogP contribution < -0.4 is 0 Å². The van der Waals surface area contributed by atoms with E-state index in [2.05, 4.69) is 0 Å². The molecule has 5 nitrogen and oxygen atoms in total. The highest BCUT2D eigenvalue weighted by Gasteiger charge is 2.66. The molecular weight excluding hydrogens is 284 g/mol. The number of ether oxygens (including phenoxy) is 2. The molecule has 5 heteroatoms. The number of carbonyl (C=O) groups is 2. The molecule has 2 aliphatic carbocycles. The lowest BCUT2D eigenvalue weighted by molar-refractivity contribution is -0.167. The first-order valence-electron chi connectivity index (χ1n) is 8.10. The summed E-state index contributed by atoms with van der Waals surface area (Å²) in [5, 5.41) is 11.3. The summed E-state index contributed by atoms with van der Waals surface area (Å²) in [7, 11) is 0. The maximum Gasteiger partial charge on any atom is 0.319 e. The Morgan fingerprint density at radius 2 is 2.09 bits per heavy atom. The molecule has 1 fully saturated rings. The van der Waals surface area contributed by atoms with E-state index in [4.69, 9.17) is 9.47 Å². The van der Waals surface area contributed by atoms with Gasteiger partial charge in [0.1, 0.15) is 5.41 Å². The zero-order chi connectivity index (χ0) is 16.4. The Bertz CT molecular complexity index is 483. The SMILES string of the molecule is CCOC(=O)[C@]12CCC[C@@]1(O)[C@H](CCCOC(C)=O)C=C2C. The van der Waals surface area contributed by atoms with Crippen molar-refractivity contribution in [1.29, 1.82) is 0 Å². The van der Waals surface area contributed by atoms with Crippen LogP contribution in [0.15, 0.2) is 11.6 Å². The van der Waals surface area contributed by atoms with Crippen molar-refractivity contribution in [1.82, 2.24) is 0 Å². The molecule has 0 aromatic heterocycles. The van der Waals surface area contributed by atoms with E-state index in [0.717, 1.165) is 12.0 Å². The van der Waals surface area contributed by atoms with Gasteiger partial charge in [0.15, 0.2) is 0 Å². The average Bonchev–Trinajstić information content (AvgIpc) is 2.90. The molecule has 0 unspecified atom stereocenters. The number of hydrogen-bond acceptors (Lipinski definition) is 5. The smallest absolute Gasteiger partial charge is 0.319 e. The Morgan fingerprint density at radius 3 is 2.73 bits per heavy atom. The lowest BCUT2D eigenvalue weighted by atomic mass is 9.69. The Hall–Kier alpha value is -1.36. The summed E-state index contributed by atoms with van der Waals surface area (Å²) >= 11 is 0. The number of aliphatic hydroxyl groups is 1. The van der Waals surface area contributed by atoms with Gasteiger partial charge in [0.25, 0.3) is 0 Å². The summed E-state index contributed by atoms with van der Waals surface area (Å²) in [4.78, 5) is 23.3. The zero-order valence-corrected chi connectivity index (χ0v) is 13.7. The molecule has 3 atom stereocenters. The first kappa shape index (κ1) is 17.0. The second-order valence-corrected chi connectivity index (χ2v) is 6.34. The molecule has 0 aromatic carbocycles. The van der Waals surface area contributed by atoms with Crippen molar-refractivity contribution >= 4 is 11.9 Å². The molecule has 2 rings (SSSR count). The summed E-state index contributed by atoms with van der Waals surface area (Å²) in [5.74, 6) is -0.681. The van der Waals surface area contributed by atoms with Crippen LogP contribution in [0.25, 0.3) is 0 Å². The fourth-order valence-electron chi connectivity index (χ4n) is 4.21. The van der Waals surface area contributed by atoms with Crippen LogP contribution in [0.1, 0.15) is 52.9 Å². The number of rotatable bonds is 6. The predicted molar refractivity (Wildman–Crippen MR) is 81.0 cm³/mol. The Morgan fingerprint density at radius 1 is 1.36 bits per heavy atom. The summed E-state index contributed by atoms with van der Waals surface area (Å²) in [6.45, 7) is 5.75. The first-order chi connectivity index (χ1) is 10.4. The standard InChI is InChI=1S/C17H26O5/c1-4-21-15(19)16-8-6-9-17(16,20)14(11-12(16)2)7-5-10-22-13(3)18/h11,14,20H,4-10H2,1-3H3/t14-,16-,17-/m1/s1. The van der Waals surface area contributed by atoms with Gasteiger partial charge in [-0.25, -0.2) is 0 Å². The number of carbonyl (C=O) groups excluding carboxylic acids is 2. The molecule has 0 aromatic rings. The van der Waals surface area contributed by atoms with Crippen molar-refractivity contribution in [3.63, 3.8) is 0 Å². The Balaban J connectivity index is 2.12. The molecular formula is C17H26O5. The highest BCUT2D eigenvalue weighted by Crippen LogP contribution is 2.61. The Kier molecular flexibility index (Phi) is 4.95. The fourth-order valence-corrected chi connectivity index (χ4v) is 4.21. The minimum Gasteiger partial charge on any atom is -0.466 e. The molecule has 1 saturated carbocycles. The van der Waals surface area contributed by atoms with Crippen LogP contribution >= 0.6 is 0 Å². The first-order valence-corrected chi connectivity index (χ1v) is 8.10. The second-order valence-electron chi connectivity index (χ2n) is 6.34. The van der Waals surface area contributed by atoms with Crippen molar-refractivity contribution in [2.75, 3.05) is 13.2 Å². The van der Waals surface area contributed by atoms with Crippen LogP contribution in [-0.4, -0.2) is 35.9 Å². The van der Waals surface area contributed by atoms with Gasteiger partial charge < -0.3 is 14.6 Å². The van der Waals surface area contributed by atoms with Crippen molar-refractivity contribution in [3.05, 3.63) is 11.6 Å². The van der Waals surface area contributed by atoms with E-state index >= 15 is 0 Å². The van der Waals surface area contributed by atoms with Gasteiger partial charge in [0.05, 0.1) is 18.8 Å². The van der Waals surface area contributed by atoms with Crippen LogP contribution in [0, 0.1) is 11.3 Å². The van der Waals surface area contributed by atoms with E-state index in [0.29, 0.717) is 38.9 Å². The molecule has 124 valence electrons.